The maximum absolute atomic E-state index is 13.2. The van der Waals surface area contributed by atoms with Crippen molar-refractivity contribution in [3.63, 3.8) is 0 Å². The number of carbonyl (C=O) groups is 7. The molecule has 0 unspecified atom stereocenters. The average Bonchev–Trinajstić information content (AvgIpc) is 3.86. The molecule has 0 saturated carbocycles. The van der Waals surface area contributed by atoms with Crippen molar-refractivity contribution in [1.29, 1.82) is 0 Å². The van der Waals surface area contributed by atoms with Gasteiger partial charge in [-0.3, -0.25) is 38.6 Å². The number of H-pyrrole nitrogens is 1. The normalized spacial score (nSPS) is 21.4. The van der Waals surface area contributed by atoms with Crippen molar-refractivity contribution in [3.05, 3.63) is 54.6 Å². The number of fused-ring (bicyclic) bond motifs is 1. The number of nitrogens with zero attached hydrogens (tertiary/aromatic N) is 5. The van der Waals surface area contributed by atoms with E-state index < -0.39 is 96.9 Å². The Hall–Kier alpha value is -6.56. The fourth-order valence-corrected chi connectivity index (χ4v) is 6.24. The predicted molar refractivity (Wildman–Crippen MR) is 212 cm³/mol. The Balaban J connectivity index is 1.05. The van der Waals surface area contributed by atoms with Gasteiger partial charge in [0.05, 0.1) is 19.0 Å². The number of aromatic nitrogens is 4. The van der Waals surface area contributed by atoms with Crippen molar-refractivity contribution in [2.45, 2.75) is 89.4 Å². The van der Waals surface area contributed by atoms with E-state index in [1.165, 1.54) is 33.5 Å². The Morgan fingerprint density at radius 2 is 1.62 bits per heavy atom. The monoisotopic (exact) mass is 851 g/mol. The van der Waals surface area contributed by atoms with Gasteiger partial charge in [0.25, 0.3) is 11.8 Å². The highest BCUT2D eigenvalue weighted by Crippen LogP contribution is 2.25. The van der Waals surface area contributed by atoms with Gasteiger partial charge in [0.15, 0.2) is 17.7 Å². The van der Waals surface area contributed by atoms with Gasteiger partial charge < -0.3 is 56.4 Å². The lowest BCUT2D eigenvalue weighted by molar-refractivity contribution is -0.185. The number of aliphatic hydroxyl groups excluding tert-OH is 3. The maximum atomic E-state index is 13.2. The van der Waals surface area contributed by atoms with Crippen molar-refractivity contribution >= 4 is 64.2 Å². The number of rotatable bonds is 17. The van der Waals surface area contributed by atoms with Crippen LogP contribution in [-0.4, -0.2) is 155 Å². The fraction of sp³-hybridized carbons (Fsp3) is 0.474. The molecule has 0 spiro atoms. The number of imidazole rings is 1. The number of anilines is 2. The Labute approximate surface area is 348 Å². The van der Waals surface area contributed by atoms with E-state index in [0.29, 0.717) is 22.4 Å². The second-order valence-corrected chi connectivity index (χ2v) is 14.7. The molecule has 4 heterocycles. The quantitative estimate of drug-likeness (QED) is 0.0680. The summed E-state index contributed by atoms with van der Waals surface area (Å²) in [5.74, 6) is -3.65. The third kappa shape index (κ3) is 11.2. The molecule has 8 atom stereocenters. The van der Waals surface area contributed by atoms with Crippen LogP contribution in [0.5, 0.6) is 0 Å². The smallest absolute Gasteiger partial charge is 0.410 e. The third-order valence-electron chi connectivity index (χ3n) is 10.1. The van der Waals surface area contributed by atoms with Crippen molar-refractivity contribution in [1.82, 2.24) is 45.7 Å². The number of ether oxygens (including phenoxy) is 2. The standard InChI is InChI=1S/C38H49N11O12/c1-18(2)27(45-24(51)12-13-49-25(52)10-11-26(49)53)36(58)43-19(3)34(56)44-22-8-6-21(7-9-22)15-60-38(59)48(5)20(4)35(57)46-28-23(14-50)61-37(31(55)30(28)54)47-33-29-32(40-16-39-29)41-17-42-33/h6-11,16-20,23,27-28,30-31,37,50,54-55H,12-15H2,1-5H3,(H,43,58)(H,44,56)(H,45,51)(H,46,57)(H2,39,40,41,42,47)/t19-,20-,23-,27-,28-,30+,31-,37-/m0/s1. The van der Waals surface area contributed by atoms with Gasteiger partial charge in [-0.1, -0.05) is 26.0 Å². The lowest BCUT2D eigenvalue weighted by Crippen LogP contribution is -2.67. The van der Waals surface area contributed by atoms with E-state index in [-0.39, 0.29) is 31.3 Å². The van der Waals surface area contributed by atoms with Crippen molar-refractivity contribution < 1.29 is 58.4 Å². The van der Waals surface area contributed by atoms with E-state index in [4.69, 9.17) is 9.47 Å². The summed E-state index contributed by atoms with van der Waals surface area (Å²) in [7, 11) is 1.33. The lowest BCUT2D eigenvalue weighted by Gasteiger charge is -2.43. The van der Waals surface area contributed by atoms with Crippen LogP contribution >= 0.6 is 0 Å². The number of imide groups is 1. The number of aromatic amines is 1. The zero-order chi connectivity index (χ0) is 44.5. The lowest BCUT2D eigenvalue weighted by atomic mass is 9.95. The molecule has 2 aromatic heterocycles. The molecule has 1 aromatic carbocycles. The van der Waals surface area contributed by atoms with E-state index in [2.05, 4.69) is 46.5 Å². The highest BCUT2D eigenvalue weighted by molar-refractivity contribution is 6.13. The van der Waals surface area contributed by atoms with Crippen LogP contribution in [0.2, 0.25) is 0 Å². The molecule has 23 nitrogen and oxygen atoms in total. The molecule has 3 aromatic rings. The first-order chi connectivity index (χ1) is 29.0. The Bertz CT molecular complexity index is 2110. The molecule has 5 rings (SSSR count). The van der Waals surface area contributed by atoms with Crippen LogP contribution in [0.25, 0.3) is 11.2 Å². The summed E-state index contributed by atoms with van der Waals surface area (Å²) >= 11 is 0. The summed E-state index contributed by atoms with van der Waals surface area (Å²) in [5, 5.41) is 45.1. The van der Waals surface area contributed by atoms with Gasteiger partial charge in [-0.15, -0.1) is 0 Å². The summed E-state index contributed by atoms with van der Waals surface area (Å²) in [6.45, 7) is 5.29. The number of benzene rings is 1. The van der Waals surface area contributed by atoms with E-state index in [9.17, 15) is 48.9 Å². The summed E-state index contributed by atoms with van der Waals surface area (Å²) < 4.78 is 11.2. The number of aliphatic hydroxyl groups is 3. The molecule has 1 fully saturated rings. The van der Waals surface area contributed by atoms with Crippen LogP contribution in [0.3, 0.4) is 0 Å². The average molecular weight is 852 g/mol. The number of hydrogen-bond acceptors (Lipinski definition) is 16. The molecule has 7 amide bonds. The number of likely N-dealkylation sites (N-methyl/N-ethyl adjacent to an activating group) is 1. The molecule has 23 heteroatoms. The largest absolute Gasteiger partial charge is 0.445 e. The van der Waals surface area contributed by atoms with Crippen molar-refractivity contribution in [3.8, 4) is 0 Å². The molecule has 2 aliphatic rings. The number of hydrogen-bond donors (Lipinski definition) is 9. The molecule has 1 saturated heterocycles. The topological polar surface area (TPSA) is 320 Å². The third-order valence-corrected chi connectivity index (χ3v) is 10.1. The van der Waals surface area contributed by atoms with Crippen LogP contribution in [0, 0.1) is 5.92 Å². The summed E-state index contributed by atoms with van der Waals surface area (Å²) in [6, 6.07) is 1.85. The van der Waals surface area contributed by atoms with Gasteiger partial charge >= 0.3 is 6.09 Å². The number of amides is 7. The fourth-order valence-electron chi connectivity index (χ4n) is 6.24. The first-order valence-corrected chi connectivity index (χ1v) is 19.2. The Kier molecular flexibility index (Phi) is 15.0. The van der Waals surface area contributed by atoms with Crippen LogP contribution in [0.1, 0.15) is 39.7 Å². The SMILES string of the molecule is CC(C)[C@H](NC(=O)CCN1C(=O)C=CC1=O)C(=O)N[C@@H](C)C(=O)Nc1ccc(COC(=O)N(C)[C@@H](C)C(=O)N[C@@H]2[C@@H](O)[C@H](O)[C@@H](Nc3ncnc4nc[nH]c34)O[C@H]2CO)cc1. The molecule has 0 radical (unpaired) electrons. The Morgan fingerprint density at radius 1 is 0.934 bits per heavy atom. The van der Waals surface area contributed by atoms with Gasteiger partial charge in [0, 0.05) is 37.9 Å². The highest BCUT2D eigenvalue weighted by Gasteiger charge is 2.46. The van der Waals surface area contributed by atoms with Crippen LogP contribution < -0.4 is 26.6 Å². The van der Waals surface area contributed by atoms with Gasteiger partial charge in [-0.25, -0.2) is 19.7 Å². The second kappa shape index (κ2) is 20.1. The predicted octanol–water partition coefficient (Wildman–Crippen LogP) is -1.76. The minimum absolute atomic E-state index is 0.147. The van der Waals surface area contributed by atoms with E-state index in [0.717, 1.165) is 22.0 Å². The van der Waals surface area contributed by atoms with Gasteiger partial charge in [-0.2, -0.15) is 0 Å². The molecule has 0 aliphatic carbocycles. The van der Waals surface area contributed by atoms with Crippen LogP contribution in [-0.2, 0) is 44.8 Å². The number of nitrogens with one attached hydrogen (secondary N) is 6. The van der Waals surface area contributed by atoms with E-state index in [1.807, 2.05) is 0 Å². The first-order valence-electron chi connectivity index (χ1n) is 19.2. The Morgan fingerprint density at radius 3 is 2.28 bits per heavy atom. The number of carbonyl (C=O) groups excluding carboxylic acids is 7. The molecular weight excluding hydrogens is 802 g/mol. The molecule has 61 heavy (non-hydrogen) atoms. The molecule has 328 valence electrons. The summed E-state index contributed by atoms with van der Waals surface area (Å²) in [6.07, 6.45) is -1.84. The second-order valence-electron chi connectivity index (χ2n) is 14.7. The van der Waals surface area contributed by atoms with E-state index in [1.54, 1.807) is 38.1 Å². The molecule has 9 N–H and O–H groups in total. The molecule has 2 aliphatic heterocycles. The first kappa shape index (κ1) is 45.5. The van der Waals surface area contributed by atoms with Crippen LogP contribution in [0.4, 0.5) is 16.3 Å². The van der Waals surface area contributed by atoms with Crippen molar-refractivity contribution in [2.75, 3.05) is 30.8 Å². The summed E-state index contributed by atoms with van der Waals surface area (Å²) in [4.78, 5) is 105. The minimum Gasteiger partial charge on any atom is -0.445 e. The zero-order valence-corrected chi connectivity index (χ0v) is 33.9. The summed E-state index contributed by atoms with van der Waals surface area (Å²) in [5.41, 5.74) is 1.65. The zero-order valence-electron chi connectivity index (χ0n) is 33.9. The van der Waals surface area contributed by atoms with E-state index >= 15 is 0 Å². The molecule has 0 bridgehead atoms. The van der Waals surface area contributed by atoms with Gasteiger partial charge in [-0.05, 0) is 37.5 Å². The van der Waals surface area contributed by atoms with Crippen molar-refractivity contribution in [2.24, 2.45) is 5.92 Å². The highest BCUT2D eigenvalue weighted by atomic mass is 16.6. The maximum Gasteiger partial charge on any atom is 0.410 e. The van der Waals surface area contributed by atoms with Gasteiger partial charge in [0.2, 0.25) is 23.6 Å². The minimum atomic E-state index is -1.61. The molecular formula is C38H49N11O12. The van der Waals surface area contributed by atoms with Crippen LogP contribution in [0.15, 0.2) is 49.1 Å². The van der Waals surface area contributed by atoms with Gasteiger partial charge in [0.1, 0.15) is 54.9 Å².